The van der Waals surface area contributed by atoms with Gasteiger partial charge in [-0.15, -0.1) is 0 Å². The fourth-order valence-electron chi connectivity index (χ4n) is 7.85. The zero-order valence-electron chi connectivity index (χ0n) is 27.2. The normalized spacial score (nSPS) is 22.3. The second kappa shape index (κ2) is 12.1. The Bertz CT molecular complexity index is 1980. The van der Waals surface area contributed by atoms with Gasteiger partial charge in [-0.2, -0.15) is 23.1 Å². The number of piperazine rings is 1. The maximum absolute atomic E-state index is 15.1. The lowest BCUT2D eigenvalue weighted by atomic mass is 9.99. The topological polar surface area (TPSA) is 105 Å². The summed E-state index contributed by atoms with van der Waals surface area (Å²) in [6.45, 7) is 6.82. The Hall–Kier alpha value is -4.01. The maximum Gasteiger partial charge on any atom is 0.431 e. The van der Waals surface area contributed by atoms with E-state index in [1.165, 1.54) is 18.2 Å². The molecule has 0 amide bonds. The van der Waals surface area contributed by atoms with Crippen LogP contribution < -0.4 is 20.5 Å². The Morgan fingerprint density at radius 3 is 2.49 bits per heavy atom. The van der Waals surface area contributed by atoms with Crippen molar-refractivity contribution < 1.29 is 32.1 Å². The van der Waals surface area contributed by atoms with Gasteiger partial charge in [0.1, 0.15) is 28.6 Å². The number of aryl methyl sites for hydroxylation is 1. The summed E-state index contributed by atoms with van der Waals surface area (Å²) in [5.41, 5.74) is -2.85. The van der Waals surface area contributed by atoms with Crippen molar-refractivity contribution in [3.05, 3.63) is 57.8 Å². The molecule has 8 rings (SSSR count). The predicted molar refractivity (Wildman–Crippen MR) is 175 cm³/mol. The molecule has 49 heavy (non-hydrogen) atoms. The van der Waals surface area contributed by atoms with Crippen LogP contribution in [0, 0.1) is 11.2 Å². The van der Waals surface area contributed by atoms with Crippen molar-refractivity contribution in [3.8, 4) is 17.4 Å². The summed E-state index contributed by atoms with van der Waals surface area (Å²) in [5, 5.41) is 14.5. The molecule has 3 saturated heterocycles. The van der Waals surface area contributed by atoms with E-state index in [2.05, 4.69) is 15.2 Å². The van der Waals surface area contributed by atoms with Crippen LogP contribution in [0.15, 0.2) is 35.1 Å². The summed E-state index contributed by atoms with van der Waals surface area (Å²) >= 11 is 0. The number of phenols is 1. The van der Waals surface area contributed by atoms with E-state index in [4.69, 9.17) is 14.5 Å². The molecule has 2 atom stereocenters. The fourth-order valence-corrected chi connectivity index (χ4v) is 7.85. The van der Waals surface area contributed by atoms with Crippen LogP contribution in [0.5, 0.6) is 11.8 Å². The number of aromatic hydroxyl groups is 1. The number of benzene rings is 2. The summed E-state index contributed by atoms with van der Waals surface area (Å²) in [7, 11) is 0. The Morgan fingerprint density at radius 2 is 1.82 bits per heavy atom. The number of ether oxygens (including phenoxy) is 2. The van der Waals surface area contributed by atoms with Crippen LogP contribution in [0.3, 0.4) is 0 Å². The number of morpholine rings is 1. The minimum atomic E-state index is -5.00. The van der Waals surface area contributed by atoms with Gasteiger partial charge in [0.25, 0.3) is 5.56 Å². The van der Waals surface area contributed by atoms with Gasteiger partial charge < -0.3 is 24.8 Å². The number of hydrogen-bond acceptors (Lipinski definition) is 9. The molecular formula is C35H38F4N6O4. The molecule has 14 heteroatoms. The van der Waals surface area contributed by atoms with Gasteiger partial charge in [-0.05, 0) is 61.3 Å². The monoisotopic (exact) mass is 682 g/mol. The number of fused-ring (bicyclic) bond motifs is 4. The van der Waals surface area contributed by atoms with E-state index in [1.807, 2.05) is 4.90 Å². The van der Waals surface area contributed by atoms with Gasteiger partial charge in [-0.25, -0.2) is 4.39 Å². The first-order valence-electron chi connectivity index (χ1n) is 17.0. The number of rotatable bonds is 8. The van der Waals surface area contributed by atoms with Gasteiger partial charge in [-0.3, -0.25) is 14.3 Å². The highest BCUT2D eigenvalue weighted by molar-refractivity contribution is 5.96. The van der Waals surface area contributed by atoms with Crippen LogP contribution in [0.25, 0.3) is 27.4 Å². The van der Waals surface area contributed by atoms with Crippen LogP contribution in [-0.4, -0.2) is 89.2 Å². The number of nitrogens with zero attached hydrogens (tertiary/aromatic N) is 5. The van der Waals surface area contributed by atoms with Crippen LogP contribution in [-0.2, 0) is 17.3 Å². The molecule has 10 nitrogen and oxygen atoms in total. The van der Waals surface area contributed by atoms with Crippen LogP contribution in [0.2, 0.25) is 0 Å². The van der Waals surface area contributed by atoms with Crippen molar-refractivity contribution in [1.29, 1.82) is 0 Å². The first-order chi connectivity index (χ1) is 23.5. The number of hydrogen-bond donors (Lipinski definition) is 2. The van der Waals surface area contributed by atoms with Gasteiger partial charge in [-0.1, -0.05) is 13.0 Å². The molecule has 0 unspecified atom stereocenters. The van der Waals surface area contributed by atoms with E-state index in [-0.39, 0.29) is 69.0 Å². The molecule has 5 heterocycles. The quantitative estimate of drug-likeness (QED) is 0.254. The summed E-state index contributed by atoms with van der Waals surface area (Å²) in [6, 6.07) is 6.09. The van der Waals surface area contributed by atoms with Crippen molar-refractivity contribution in [1.82, 2.24) is 24.8 Å². The third kappa shape index (κ3) is 5.97. The van der Waals surface area contributed by atoms with Gasteiger partial charge in [0, 0.05) is 61.7 Å². The third-order valence-electron chi connectivity index (χ3n) is 10.5. The van der Waals surface area contributed by atoms with E-state index in [0.29, 0.717) is 42.9 Å². The zero-order valence-corrected chi connectivity index (χ0v) is 27.2. The van der Waals surface area contributed by atoms with Crippen molar-refractivity contribution in [3.63, 3.8) is 0 Å². The van der Waals surface area contributed by atoms with E-state index >= 15 is 17.6 Å². The largest absolute Gasteiger partial charge is 0.508 e. The maximum atomic E-state index is 15.1. The lowest BCUT2D eigenvalue weighted by molar-refractivity contribution is -0.142. The molecule has 3 aliphatic heterocycles. The molecule has 2 bridgehead atoms. The Balaban J connectivity index is 1.30. The molecular weight excluding hydrogens is 644 g/mol. The molecule has 2 aromatic carbocycles. The van der Waals surface area contributed by atoms with Gasteiger partial charge in [0.15, 0.2) is 0 Å². The van der Waals surface area contributed by atoms with Crippen LogP contribution in [0.4, 0.5) is 23.4 Å². The Labute approximate surface area is 279 Å². The van der Waals surface area contributed by atoms with E-state index in [9.17, 15) is 9.90 Å². The van der Waals surface area contributed by atoms with Gasteiger partial charge in [0.05, 0.1) is 30.9 Å². The minimum Gasteiger partial charge on any atom is -0.508 e. The standard InChI is InChI=1S/C35H38F4N6O4/c1-2-24-26(36)6-3-20-13-23(46)14-27(29(20)24)45-28(35(37,38)39)15-25-30(32(45)47)41-33(42-31(25)44-16-21-4-5-22(17-44)40-21)49-19-34(7-8-34)18-43-9-11-48-12-10-43/h3,6,13-15,21-22,40,46H,2,4-5,7-12,16-19H2,1H3/t21-,22+. The molecule has 4 fully saturated rings. The summed E-state index contributed by atoms with van der Waals surface area (Å²) in [6.07, 6.45) is -1.09. The smallest absolute Gasteiger partial charge is 0.431 e. The number of anilines is 1. The lowest BCUT2D eigenvalue weighted by Gasteiger charge is -2.34. The second-order valence-electron chi connectivity index (χ2n) is 13.9. The number of pyridine rings is 1. The molecule has 1 saturated carbocycles. The lowest BCUT2D eigenvalue weighted by Crippen LogP contribution is -2.51. The molecule has 0 radical (unpaired) electrons. The average Bonchev–Trinajstić information content (AvgIpc) is 3.76. The number of nitrogens with one attached hydrogen (secondary N) is 1. The van der Waals surface area contributed by atoms with E-state index < -0.39 is 23.2 Å². The Morgan fingerprint density at radius 1 is 1.08 bits per heavy atom. The third-order valence-corrected chi connectivity index (χ3v) is 10.5. The summed E-state index contributed by atoms with van der Waals surface area (Å²) in [5.74, 6) is -0.772. The predicted octanol–water partition coefficient (Wildman–Crippen LogP) is 4.79. The number of aromatic nitrogens is 3. The summed E-state index contributed by atoms with van der Waals surface area (Å²) in [4.78, 5) is 28.0. The van der Waals surface area contributed by atoms with E-state index in [1.54, 1.807) is 6.92 Å². The first-order valence-corrected chi connectivity index (χ1v) is 17.0. The molecule has 0 spiro atoms. The molecule has 260 valence electrons. The number of phenolic OH excluding ortho intramolecular Hbond substituents is 1. The second-order valence-corrected chi connectivity index (χ2v) is 13.9. The molecule has 1 aliphatic carbocycles. The van der Waals surface area contributed by atoms with Crippen LogP contribution >= 0.6 is 0 Å². The van der Waals surface area contributed by atoms with Crippen molar-refractivity contribution >= 4 is 27.5 Å². The minimum absolute atomic E-state index is 0.0389. The number of halogens is 4. The average molecular weight is 683 g/mol. The van der Waals surface area contributed by atoms with Crippen molar-refractivity contribution in [2.45, 2.75) is 57.3 Å². The SMILES string of the molecule is CCc1c(F)ccc2cc(O)cc(-n3c(C(F)(F)F)cc4c(N5C[C@H]6CC[C@@H](C5)N6)nc(OCC5(CN6CCOCC6)CC5)nc4c3=O)c12. The van der Waals surface area contributed by atoms with Gasteiger partial charge >= 0.3 is 12.2 Å². The highest BCUT2D eigenvalue weighted by Gasteiger charge is 2.45. The molecule has 4 aromatic rings. The van der Waals surface area contributed by atoms with Crippen molar-refractivity contribution in [2.75, 3.05) is 57.4 Å². The number of alkyl halides is 3. The highest BCUT2D eigenvalue weighted by Crippen LogP contribution is 2.47. The first kappa shape index (κ1) is 32.2. The molecule has 4 aliphatic rings. The fraction of sp³-hybridized carbons (Fsp3) is 0.514. The highest BCUT2D eigenvalue weighted by atomic mass is 19.4. The van der Waals surface area contributed by atoms with Crippen LogP contribution in [0.1, 0.15) is 43.9 Å². The van der Waals surface area contributed by atoms with Gasteiger partial charge in [0.2, 0.25) is 0 Å². The Kier molecular flexibility index (Phi) is 7.95. The van der Waals surface area contributed by atoms with Crippen molar-refractivity contribution in [2.24, 2.45) is 5.41 Å². The molecule has 2 N–H and O–H groups in total. The zero-order chi connectivity index (χ0) is 34.1. The summed E-state index contributed by atoms with van der Waals surface area (Å²) < 4.78 is 72.5. The molecule has 2 aromatic heterocycles. The van der Waals surface area contributed by atoms with E-state index in [0.717, 1.165) is 57.5 Å².